The maximum Gasteiger partial charge on any atom is 0.0620 e. The molecule has 3 atom stereocenters. The number of aliphatic hydroxyl groups excluding tert-OH is 1. The van der Waals surface area contributed by atoms with Gasteiger partial charge in [-0.25, -0.2) is 0 Å². The number of likely N-dealkylation sites (tertiary alicyclic amines) is 1. The van der Waals surface area contributed by atoms with Crippen molar-refractivity contribution in [1.29, 1.82) is 0 Å². The van der Waals surface area contributed by atoms with Crippen LogP contribution in [0.15, 0.2) is 0 Å². The van der Waals surface area contributed by atoms with Gasteiger partial charge in [0.2, 0.25) is 0 Å². The van der Waals surface area contributed by atoms with Gasteiger partial charge in [0.1, 0.15) is 0 Å². The summed E-state index contributed by atoms with van der Waals surface area (Å²) in [7, 11) is 0. The predicted molar refractivity (Wildman–Crippen MR) is 72.7 cm³/mol. The van der Waals surface area contributed by atoms with E-state index in [9.17, 15) is 0 Å². The molecule has 106 valence electrons. The maximum absolute atomic E-state index is 8.97. The molecule has 18 heavy (non-hydrogen) atoms. The lowest BCUT2D eigenvalue weighted by atomic mass is 10.0. The van der Waals surface area contributed by atoms with Crippen molar-refractivity contribution in [2.45, 2.75) is 57.2 Å². The molecular weight excluding hydrogens is 228 g/mol. The van der Waals surface area contributed by atoms with E-state index < -0.39 is 0 Å². The van der Waals surface area contributed by atoms with Crippen molar-refractivity contribution in [3.05, 3.63) is 0 Å². The second-order valence-electron chi connectivity index (χ2n) is 5.71. The Balaban J connectivity index is 1.77. The highest BCUT2D eigenvalue weighted by atomic mass is 16.5. The van der Waals surface area contributed by atoms with E-state index in [0.717, 1.165) is 32.6 Å². The molecule has 0 bridgehead atoms. The fraction of sp³-hybridized carbons (Fsp3) is 1.00. The van der Waals surface area contributed by atoms with Gasteiger partial charge in [0.15, 0.2) is 0 Å². The molecule has 4 heteroatoms. The molecule has 0 amide bonds. The number of rotatable bonds is 6. The minimum atomic E-state index is 0.330. The summed E-state index contributed by atoms with van der Waals surface area (Å²) in [5.41, 5.74) is 0. The first kappa shape index (κ1) is 14.3. The molecule has 0 aliphatic carbocycles. The molecule has 2 aliphatic rings. The van der Waals surface area contributed by atoms with Gasteiger partial charge in [0, 0.05) is 31.3 Å². The Bertz CT molecular complexity index is 232. The zero-order valence-electron chi connectivity index (χ0n) is 11.6. The van der Waals surface area contributed by atoms with Gasteiger partial charge in [-0.2, -0.15) is 0 Å². The molecule has 4 nitrogen and oxygen atoms in total. The normalized spacial score (nSPS) is 31.7. The van der Waals surface area contributed by atoms with Gasteiger partial charge in [0.25, 0.3) is 0 Å². The van der Waals surface area contributed by atoms with Crippen LogP contribution in [0.1, 0.15) is 39.0 Å². The number of nitrogens with zero attached hydrogens (tertiary/aromatic N) is 1. The Hall–Kier alpha value is -0.160. The van der Waals surface area contributed by atoms with Crippen LogP contribution in [-0.2, 0) is 4.74 Å². The molecule has 2 heterocycles. The van der Waals surface area contributed by atoms with Crippen LogP contribution in [0.2, 0.25) is 0 Å². The molecule has 0 saturated carbocycles. The average molecular weight is 256 g/mol. The SMILES string of the molecule is CC(CC1COCCN1)N1CCCC1CCCO. The second-order valence-corrected chi connectivity index (χ2v) is 5.71. The van der Waals surface area contributed by atoms with Gasteiger partial charge in [0.05, 0.1) is 13.2 Å². The van der Waals surface area contributed by atoms with E-state index in [2.05, 4.69) is 17.1 Å². The van der Waals surface area contributed by atoms with E-state index in [1.807, 2.05) is 0 Å². The summed E-state index contributed by atoms with van der Waals surface area (Å²) in [6.45, 7) is 6.60. The summed E-state index contributed by atoms with van der Waals surface area (Å²) in [5.74, 6) is 0. The van der Waals surface area contributed by atoms with Gasteiger partial charge in [-0.15, -0.1) is 0 Å². The Morgan fingerprint density at radius 3 is 3.11 bits per heavy atom. The van der Waals surface area contributed by atoms with Crippen LogP contribution in [0.25, 0.3) is 0 Å². The van der Waals surface area contributed by atoms with E-state index in [4.69, 9.17) is 9.84 Å². The smallest absolute Gasteiger partial charge is 0.0620 e. The van der Waals surface area contributed by atoms with Crippen LogP contribution < -0.4 is 5.32 Å². The third kappa shape index (κ3) is 3.92. The summed E-state index contributed by atoms with van der Waals surface area (Å²) in [4.78, 5) is 2.64. The Morgan fingerprint density at radius 2 is 2.39 bits per heavy atom. The zero-order chi connectivity index (χ0) is 12.8. The van der Waals surface area contributed by atoms with Crippen molar-refractivity contribution >= 4 is 0 Å². The first-order valence-electron chi connectivity index (χ1n) is 7.49. The van der Waals surface area contributed by atoms with E-state index in [1.54, 1.807) is 0 Å². The lowest BCUT2D eigenvalue weighted by Gasteiger charge is -2.34. The highest BCUT2D eigenvalue weighted by molar-refractivity contribution is 4.86. The van der Waals surface area contributed by atoms with Gasteiger partial charge >= 0.3 is 0 Å². The monoisotopic (exact) mass is 256 g/mol. The first-order valence-corrected chi connectivity index (χ1v) is 7.49. The van der Waals surface area contributed by atoms with Crippen molar-refractivity contribution in [1.82, 2.24) is 10.2 Å². The molecule has 0 spiro atoms. The van der Waals surface area contributed by atoms with Gasteiger partial charge in [-0.3, -0.25) is 4.90 Å². The summed E-state index contributed by atoms with van der Waals surface area (Å²) in [5, 5.41) is 12.5. The molecule has 2 fully saturated rings. The number of ether oxygens (including phenoxy) is 1. The minimum absolute atomic E-state index is 0.330. The molecule has 2 saturated heterocycles. The first-order chi connectivity index (χ1) is 8.81. The quantitative estimate of drug-likeness (QED) is 0.744. The lowest BCUT2D eigenvalue weighted by Crippen LogP contribution is -2.47. The third-order valence-corrected chi connectivity index (χ3v) is 4.31. The summed E-state index contributed by atoms with van der Waals surface area (Å²) < 4.78 is 5.52. The van der Waals surface area contributed by atoms with Crippen LogP contribution >= 0.6 is 0 Å². The fourth-order valence-electron chi connectivity index (χ4n) is 3.39. The van der Waals surface area contributed by atoms with E-state index in [0.29, 0.717) is 24.7 Å². The van der Waals surface area contributed by atoms with Crippen molar-refractivity contribution in [2.24, 2.45) is 0 Å². The molecule has 0 aromatic rings. The van der Waals surface area contributed by atoms with Crippen molar-refractivity contribution < 1.29 is 9.84 Å². The van der Waals surface area contributed by atoms with Gasteiger partial charge < -0.3 is 15.2 Å². The molecular formula is C14H28N2O2. The fourth-order valence-corrected chi connectivity index (χ4v) is 3.39. The van der Waals surface area contributed by atoms with E-state index in [1.165, 1.54) is 25.8 Å². The molecule has 2 N–H and O–H groups in total. The highest BCUT2D eigenvalue weighted by Gasteiger charge is 2.29. The molecule has 0 radical (unpaired) electrons. The summed E-state index contributed by atoms with van der Waals surface area (Å²) >= 11 is 0. The summed E-state index contributed by atoms with van der Waals surface area (Å²) in [6, 6.07) is 1.83. The van der Waals surface area contributed by atoms with Crippen LogP contribution in [0.5, 0.6) is 0 Å². The van der Waals surface area contributed by atoms with Gasteiger partial charge in [-0.1, -0.05) is 0 Å². The number of hydrogen-bond acceptors (Lipinski definition) is 4. The molecule has 2 rings (SSSR count). The zero-order valence-corrected chi connectivity index (χ0v) is 11.6. The van der Waals surface area contributed by atoms with Crippen LogP contribution in [-0.4, -0.2) is 61.0 Å². The second kappa shape index (κ2) is 7.43. The minimum Gasteiger partial charge on any atom is -0.396 e. The Morgan fingerprint density at radius 1 is 1.50 bits per heavy atom. The van der Waals surface area contributed by atoms with Crippen LogP contribution in [0, 0.1) is 0 Å². The Labute approximate surface area is 111 Å². The van der Waals surface area contributed by atoms with Gasteiger partial charge in [-0.05, 0) is 45.6 Å². The predicted octanol–water partition coefficient (Wildman–Crippen LogP) is 0.990. The van der Waals surface area contributed by atoms with E-state index in [-0.39, 0.29) is 0 Å². The molecule has 3 unspecified atom stereocenters. The van der Waals surface area contributed by atoms with E-state index >= 15 is 0 Å². The third-order valence-electron chi connectivity index (χ3n) is 4.31. The molecule has 0 aromatic carbocycles. The standard InChI is InChI=1S/C14H28N2O2/c1-12(10-13-11-18-9-6-15-13)16-7-2-4-14(16)5-3-8-17/h12-15,17H,2-11H2,1H3. The van der Waals surface area contributed by atoms with Crippen LogP contribution in [0.3, 0.4) is 0 Å². The summed E-state index contributed by atoms with van der Waals surface area (Å²) in [6.07, 6.45) is 5.89. The largest absolute Gasteiger partial charge is 0.396 e. The van der Waals surface area contributed by atoms with Crippen molar-refractivity contribution in [2.75, 3.05) is 32.9 Å². The van der Waals surface area contributed by atoms with Crippen LogP contribution in [0.4, 0.5) is 0 Å². The van der Waals surface area contributed by atoms with Crippen molar-refractivity contribution in [3.63, 3.8) is 0 Å². The average Bonchev–Trinajstić information content (AvgIpc) is 2.86. The highest BCUT2D eigenvalue weighted by Crippen LogP contribution is 2.25. The number of hydrogen-bond donors (Lipinski definition) is 2. The Kier molecular flexibility index (Phi) is 5.89. The number of aliphatic hydroxyl groups is 1. The molecule has 0 aromatic heterocycles. The molecule has 2 aliphatic heterocycles. The number of morpholine rings is 1. The van der Waals surface area contributed by atoms with Crippen molar-refractivity contribution in [3.8, 4) is 0 Å². The maximum atomic E-state index is 8.97. The number of nitrogens with one attached hydrogen (secondary N) is 1. The lowest BCUT2D eigenvalue weighted by molar-refractivity contribution is 0.0593. The topological polar surface area (TPSA) is 44.7 Å².